The summed E-state index contributed by atoms with van der Waals surface area (Å²) in [5, 5.41) is 0.596. The maximum Gasteiger partial charge on any atom is 0.127 e. The van der Waals surface area contributed by atoms with E-state index in [2.05, 4.69) is 16.8 Å². The first kappa shape index (κ1) is 14.8. The molecule has 4 heteroatoms. The van der Waals surface area contributed by atoms with Crippen LogP contribution in [0.3, 0.4) is 0 Å². The van der Waals surface area contributed by atoms with Gasteiger partial charge in [0, 0.05) is 36.8 Å². The van der Waals surface area contributed by atoms with Crippen LogP contribution in [0.4, 0.5) is 4.39 Å². The lowest BCUT2D eigenvalue weighted by Crippen LogP contribution is -2.44. The number of hydrogen-bond donors (Lipinski definition) is 0. The molecule has 1 aromatic carbocycles. The molecule has 106 valence electrons. The second-order valence-corrected chi connectivity index (χ2v) is 5.78. The molecule has 0 spiro atoms. The van der Waals surface area contributed by atoms with Crippen LogP contribution in [0, 0.1) is 12.7 Å². The maximum atomic E-state index is 13.7. The Bertz CT molecular complexity index is 428. The van der Waals surface area contributed by atoms with Crippen molar-refractivity contribution >= 4 is 11.6 Å². The lowest BCUT2D eigenvalue weighted by Gasteiger charge is -2.32. The first-order valence-corrected chi connectivity index (χ1v) is 7.30. The molecule has 0 N–H and O–H groups in total. The van der Waals surface area contributed by atoms with Gasteiger partial charge in [-0.3, -0.25) is 0 Å². The summed E-state index contributed by atoms with van der Waals surface area (Å²) in [5.41, 5.74) is 1.63. The van der Waals surface area contributed by atoms with Gasteiger partial charge in [0.25, 0.3) is 0 Å². The lowest BCUT2D eigenvalue weighted by molar-refractivity contribution is 0.153. The zero-order valence-electron chi connectivity index (χ0n) is 11.8. The quantitative estimate of drug-likeness (QED) is 0.839. The molecule has 2 nitrogen and oxygen atoms in total. The highest BCUT2D eigenvalue weighted by Gasteiger charge is 2.14. The molecule has 1 aliphatic rings. The van der Waals surface area contributed by atoms with Gasteiger partial charge < -0.3 is 9.80 Å². The van der Waals surface area contributed by atoms with Crippen LogP contribution in [-0.2, 0) is 6.42 Å². The molecule has 1 aliphatic heterocycles. The molecule has 0 atom stereocenters. The molecule has 1 heterocycles. The van der Waals surface area contributed by atoms with Crippen molar-refractivity contribution in [3.8, 4) is 0 Å². The van der Waals surface area contributed by atoms with Crippen molar-refractivity contribution in [2.45, 2.75) is 19.8 Å². The van der Waals surface area contributed by atoms with E-state index in [1.54, 1.807) is 6.07 Å². The standard InChI is InChI=1S/C15H22ClFN2/c1-12-5-6-14(17)13(15(12)16)4-3-7-19-10-8-18(2)9-11-19/h5-6H,3-4,7-11H2,1-2H3. The Morgan fingerprint density at radius 3 is 2.58 bits per heavy atom. The van der Waals surface area contributed by atoms with Crippen molar-refractivity contribution in [2.75, 3.05) is 39.8 Å². The minimum Gasteiger partial charge on any atom is -0.304 e. The van der Waals surface area contributed by atoms with E-state index >= 15 is 0 Å². The smallest absolute Gasteiger partial charge is 0.127 e. The van der Waals surface area contributed by atoms with Crippen molar-refractivity contribution in [3.63, 3.8) is 0 Å². The minimum atomic E-state index is -0.172. The Kier molecular flexibility index (Phi) is 5.20. The Morgan fingerprint density at radius 1 is 1.21 bits per heavy atom. The van der Waals surface area contributed by atoms with Crippen LogP contribution in [0.5, 0.6) is 0 Å². The van der Waals surface area contributed by atoms with Crippen LogP contribution in [0.1, 0.15) is 17.5 Å². The highest BCUT2D eigenvalue weighted by Crippen LogP contribution is 2.24. The molecule has 0 aromatic heterocycles. The van der Waals surface area contributed by atoms with E-state index in [9.17, 15) is 4.39 Å². The average Bonchev–Trinajstić information content (AvgIpc) is 2.40. The summed E-state index contributed by atoms with van der Waals surface area (Å²) in [6.07, 6.45) is 1.68. The summed E-state index contributed by atoms with van der Waals surface area (Å²) in [5.74, 6) is -0.172. The summed E-state index contributed by atoms with van der Waals surface area (Å²) >= 11 is 6.18. The summed E-state index contributed by atoms with van der Waals surface area (Å²) in [7, 11) is 2.15. The first-order valence-electron chi connectivity index (χ1n) is 6.92. The highest BCUT2D eigenvalue weighted by molar-refractivity contribution is 6.32. The van der Waals surface area contributed by atoms with E-state index in [4.69, 9.17) is 11.6 Å². The third kappa shape index (κ3) is 3.91. The van der Waals surface area contributed by atoms with Gasteiger partial charge in [-0.05, 0) is 45.0 Å². The fraction of sp³-hybridized carbons (Fsp3) is 0.600. The lowest BCUT2D eigenvalue weighted by atomic mass is 10.1. The van der Waals surface area contributed by atoms with Gasteiger partial charge in [0.15, 0.2) is 0 Å². The average molecular weight is 285 g/mol. The van der Waals surface area contributed by atoms with Gasteiger partial charge >= 0.3 is 0 Å². The Hall–Kier alpha value is -0.640. The SMILES string of the molecule is Cc1ccc(F)c(CCCN2CCN(C)CC2)c1Cl. The largest absolute Gasteiger partial charge is 0.304 e. The number of piperazine rings is 1. The van der Waals surface area contributed by atoms with Crippen molar-refractivity contribution in [3.05, 3.63) is 34.1 Å². The number of benzene rings is 1. The number of likely N-dealkylation sites (N-methyl/N-ethyl adjacent to an activating group) is 1. The molecule has 0 amide bonds. The molecule has 19 heavy (non-hydrogen) atoms. The van der Waals surface area contributed by atoms with E-state index in [0.29, 0.717) is 10.6 Å². The summed E-state index contributed by atoms with van der Waals surface area (Å²) in [6, 6.07) is 3.26. The monoisotopic (exact) mass is 284 g/mol. The molecule has 0 saturated carbocycles. The van der Waals surface area contributed by atoms with Crippen molar-refractivity contribution in [1.29, 1.82) is 0 Å². The van der Waals surface area contributed by atoms with Gasteiger partial charge in [0.2, 0.25) is 0 Å². The fourth-order valence-electron chi connectivity index (χ4n) is 2.49. The van der Waals surface area contributed by atoms with Crippen molar-refractivity contribution in [2.24, 2.45) is 0 Å². The van der Waals surface area contributed by atoms with Crippen LogP contribution < -0.4 is 0 Å². The van der Waals surface area contributed by atoms with Gasteiger partial charge in [-0.15, -0.1) is 0 Å². The molecule has 0 unspecified atom stereocenters. The van der Waals surface area contributed by atoms with Crippen molar-refractivity contribution in [1.82, 2.24) is 9.80 Å². The van der Waals surface area contributed by atoms with Crippen LogP contribution in [0.15, 0.2) is 12.1 Å². The molecule has 0 bridgehead atoms. The van der Waals surface area contributed by atoms with Crippen LogP contribution >= 0.6 is 11.6 Å². The Morgan fingerprint density at radius 2 is 1.89 bits per heavy atom. The van der Waals surface area contributed by atoms with E-state index in [1.165, 1.54) is 6.07 Å². The molecule has 1 aromatic rings. The predicted octanol–water partition coefficient (Wildman–Crippen LogP) is 2.97. The fourth-order valence-corrected chi connectivity index (χ4v) is 2.74. The zero-order valence-corrected chi connectivity index (χ0v) is 12.5. The molecular weight excluding hydrogens is 263 g/mol. The topological polar surface area (TPSA) is 6.48 Å². The Labute approximate surface area is 120 Å². The van der Waals surface area contributed by atoms with Gasteiger partial charge in [0.1, 0.15) is 5.82 Å². The van der Waals surface area contributed by atoms with Crippen LogP contribution in [-0.4, -0.2) is 49.6 Å². The van der Waals surface area contributed by atoms with Gasteiger partial charge in [-0.2, -0.15) is 0 Å². The number of halogens is 2. The summed E-state index contributed by atoms with van der Waals surface area (Å²) in [4.78, 5) is 4.79. The number of aryl methyl sites for hydroxylation is 1. The zero-order chi connectivity index (χ0) is 13.8. The van der Waals surface area contributed by atoms with E-state index in [0.717, 1.165) is 51.1 Å². The normalized spacial score (nSPS) is 17.9. The maximum absolute atomic E-state index is 13.7. The molecule has 1 fully saturated rings. The van der Waals surface area contributed by atoms with E-state index < -0.39 is 0 Å². The van der Waals surface area contributed by atoms with Gasteiger partial charge in [-0.1, -0.05) is 17.7 Å². The number of rotatable bonds is 4. The van der Waals surface area contributed by atoms with Crippen molar-refractivity contribution < 1.29 is 4.39 Å². The molecule has 1 saturated heterocycles. The van der Waals surface area contributed by atoms with Gasteiger partial charge in [0.05, 0.1) is 0 Å². The molecular formula is C15H22ClFN2. The van der Waals surface area contributed by atoms with Crippen LogP contribution in [0.2, 0.25) is 5.02 Å². The van der Waals surface area contributed by atoms with E-state index in [1.807, 2.05) is 6.92 Å². The highest BCUT2D eigenvalue weighted by atomic mass is 35.5. The van der Waals surface area contributed by atoms with E-state index in [-0.39, 0.29) is 5.82 Å². The first-order chi connectivity index (χ1) is 9.08. The molecule has 0 radical (unpaired) electrons. The molecule has 2 rings (SSSR count). The number of hydrogen-bond acceptors (Lipinski definition) is 2. The second-order valence-electron chi connectivity index (χ2n) is 5.41. The summed E-state index contributed by atoms with van der Waals surface area (Å²) in [6.45, 7) is 7.42. The third-order valence-electron chi connectivity index (χ3n) is 3.88. The molecule has 0 aliphatic carbocycles. The second kappa shape index (κ2) is 6.69. The summed E-state index contributed by atoms with van der Waals surface area (Å²) < 4.78 is 13.7. The number of nitrogens with zero attached hydrogens (tertiary/aromatic N) is 2. The Balaban J connectivity index is 1.84. The predicted molar refractivity (Wildman–Crippen MR) is 78.4 cm³/mol. The third-order valence-corrected chi connectivity index (χ3v) is 4.40. The minimum absolute atomic E-state index is 0.172. The van der Waals surface area contributed by atoms with Crippen LogP contribution in [0.25, 0.3) is 0 Å². The van der Waals surface area contributed by atoms with Gasteiger partial charge in [-0.25, -0.2) is 4.39 Å².